The molecule has 3 saturated carbocycles. The predicted octanol–water partition coefficient (Wildman–Crippen LogP) is 2.99. The first-order valence-corrected chi connectivity index (χ1v) is 12.0. The zero-order chi connectivity index (χ0) is 26.1. The summed E-state index contributed by atoms with van der Waals surface area (Å²) in [6.45, 7) is 6.52. The Balaban J connectivity index is 1.85. The second-order valence-electron chi connectivity index (χ2n) is 11.0. The van der Waals surface area contributed by atoms with E-state index < -0.39 is 82.2 Å². The Hall–Kier alpha value is -2.42. The lowest BCUT2D eigenvalue weighted by atomic mass is 9.44. The van der Waals surface area contributed by atoms with Crippen LogP contribution in [-0.4, -0.2) is 58.8 Å². The number of allylic oxidation sites excluding steroid dienone is 4. The van der Waals surface area contributed by atoms with Gasteiger partial charge in [0.2, 0.25) is 5.78 Å². The second kappa shape index (κ2) is 8.05. The molecule has 1 N–H and O–H groups in total. The molecular weight excluding hydrogens is 462 g/mol. The molecular formula is C26H32F2O7. The Morgan fingerprint density at radius 2 is 1.80 bits per heavy atom. The highest BCUT2D eigenvalue weighted by Crippen LogP contribution is 2.71. The number of carbonyl (C=O) groups is 4. The van der Waals surface area contributed by atoms with Gasteiger partial charge in [0, 0.05) is 36.5 Å². The normalized spacial score (nSPS) is 46.1. The van der Waals surface area contributed by atoms with Crippen LogP contribution in [0, 0.1) is 28.6 Å². The maximum atomic E-state index is 17.3. The van der Waals surface area contributed by atoms with Gasteiger partial charge in [-0.1, -0.05) is 19.9 Å². The number of aliphatic hydroxyl groups excluding tert-OH is 1. The van der Waals surface area contributed by atoms with E-state index in [9.17, 15) is 24.3 Å². The summed E-state index contributed by atoms with van der Waals surface area (Å²) < 4.78 is 43.5. The molecule has 0 amide bonds. The number of esters is 2. The molecule has 35 heavy (non-hydrogen) atoms. The van der Waals surface area contributed by atoms with Crippen LogP contribution in [0.1, 0.15) is 53.9 Å². The molecule has 4 rings (SSSR count). The van der Waals surface area contributed by atoms with Crippen LogP contribution in [0.25, 0.3) is 0 Å². The van der Waals surface area contributed by atoms with Gasteiger partial charge in [-0.2, -0.15) is 0 Å². The van der Waals surface area contributed by atoms with E-state index >= 15 is 8.78 Å². The van der Waals surface area contributed by atoms with Crippen LogP contribution >= 0.6 is 0 Å². The summed E-state index contributed by atoms with van der Waals surface area (Å²) in [5.41, 5.74) is -6.90. The number of alkyl halides is 2. The first-order chi connectivity index (χ1) is 16.1. The Kier molecular flexibility index (Phi) is 5.90. The molecule has 0 heterocycles. The van der Waals surface area contributed by atoms with E-state index in [4.69, 9.17) is 9.47 Å². The molecule has 0 spiro atoms. The van der Waals surface area contributed by atoms with E-state index in [1.807, 2.05) is 0 Å². The van der Waals surface area contributed by atoms with Crippen molar-refractivity contribution in [2.45, 2.75) is 77.4 Å². The average molecular weight is 495 g/mol. The molecule has 0 unspecified atom stereocenters. The number of aliphatic hydroxyl groups is 1. The molecule has 9 heteroatoms. The number of hydrogen-bond acceptors (Lipinski definition) is 7. The number of halogens is 2. The van der Waals surface area contributed by atoms with Gasteiger partial charge < -0.3 is 14.6 Å². The Morgan fingerprint density at radius 3 is 2.40 bits per heavy atom. The van der Waals surface area contributed by atoms with Crippen molar-refractivity contribution in [1.82, 2.24) is 0 Å². The van der Waals surface area contributed by atoms with E-state index in [1.54, 1.807) is 13.8 Å². The summed E-state index contributed by atoms with van der Waals surface area (Å²) in [7, 11) is 0. The molecule has 0 aromatic rings. The predicted molar refractivity (Wildman–Crippen MR) is 119 cm³/mol. The molecule has 0 radical (unpaired) electrons. The highest BCUT2D eigenvalue weighted by atomic mass is 19.1. The lowest BCUT2D eigenvalue weighted by Gasteiger charge is -2.63. The number of carbonyl (C=O) groups excluding carboxylic acids is 4. The maximum absolute atomic E-state index is 17.3. The molecule has 0 aromatic carbocycles. The Morgan fingerprint density at radius 1 is 1.14 bits per heavy atom. The topological polar surface area (TPSA) is 107 Å². The smallest absolute Gasteiger partial charge is 0.303 e. The number of ether oxygens (including phenoxy) is 2. The number of ketones is 2. The molecule has 3 fully saturated rings. The van der Waals surface area contributed by atoms with E-state index in [0.29, 0.717) is 0 Å². The van der Waals surface area contributed by atoms with Gasteiger partial charge >= 0.3 is 11.9 Å². The highest BCUT2D eigenvalue weighted by molar-refractivity contribution is 6.01. The van der Waals surface area contributed by atoms with Crippen LogP contribution < -0.4 is 0 Å². The minimum absolute atomic E-state index is 0.00892. The highest BCUT2D eigenvalue weighted by Gasteiger charge is 2.78. The van der Waals surface area contributed by atoms with Crippen LogP contribution in [0.15, 0.2) is 23.8 Å². The number of hydrogen-bond donors (Lipinski definition) is 1. The second-order valence-corrected chi connectivity index (χ2v) is 11.0. The molecule has 0 aromatic heterocycles. The third-order valence-corrected chi connectivity index (χ3v) is 9.29. The standard InChI is InChI=1S/C26H32F2O7/c1-13-8-17-18-10-20(27)19-9-16(31)6-7-23(19,4)25(18,28)21(32)11-24(17,5)26(13,35-15(3)30)22(33)12-34-14(2)29/h6-7,9,13,17-18,20-21,32H,8,10-12H2,1-5H3/t13-,17-,18-,20-,21-,23-,24-,25-,26-/m1/s1. The SMILES string of the molecule is CC(=O)OCC(=O)[C@]1(OC(C)=O)[C@H](C)C[C@@H]2[C@H]3C[C@@H](F)C4=CC(=O)C=C[C@@]4(C)[C@]3(F)[C@H](O)C[C@]21C. The van der Waals surface area contributed by atoms with Gasteiger partial charge in [0.1, 0.15) is 6.17 Å². The minimum atomic E-state index is -2.31. The van der Waals surface area contributed by atoms with Crippen molar-refractivity contribution in [2.75, 3.05) is 6.61 Å². The van der Waals surface area contributed by atoms with Gasteiger partial charge in [-0.3, -0.25) is 19.2 Å². The lowest BCUT2D eigenvalue weighted by Crippen LogP contribution is -2.71. The van der Waals surface area contributed by atoms with Crippen LogP contribution in [0.4, 0.5) is 8.78 Å². The summed E-state index contributed by atoms with van der Waals surface area (Å²) >= 11 is 0. The third kappa shape index (κ3) is 3.22. The molecule has 0 saturated heterocycles. The Labute approximate surface area is 202 Å². The van der Waals surface area contributed by atoms with Crippen LogP contribution in [0.2, 0.25) is 0 Å². The first-order valence-electron chi connectivity index (χ1n) is 12.0. The van der Waals surface area contributed by atoms with Crippen molar-refractivity contribution in [3.05, 3.63) is 23.8 Å². The molecule has 0 aliphatic heterocycles. The molecule has 4 aliphatic carbocycles. The largest absolute Gasteiger partial charge is 0.458 e. The zero-order valence-electron chi connectivity index (χ0n) is 20.6. The fourth-order valence-electron chi connectivity index (χ4n) is 7.89. The van der Waals surface area contributed by atoms with Crippen molar-refractivity contribution in [2.24, 2.45) is 28.6 Å². The van der Waals surface area contributed by atoms with Crippen molar-refractivity contribution >= 4 is 23.5 Å². The van der Waals surface area contributed by atoms with Gasteiger partial charge in [-0.05, 0) is 49.8 Å². The summed E-state index contributed by atoms with van der Waals surface area (Å²) in [6.07, 6.45) is 0.118. The van der Waals surface area contributed by atoms with Gasteiger partial charge in [-0.15, -0.1) is 0 Å². The summed E-state index contributed by atoms with van der Waals surface area (Å²) in [5, 5.41) is 11.4. The Bertz CT molecular complexity index is 1050. The molecule has 0 bridgehead atoms. The molecule has 4 aliphatic rings. The monoisotopic (exact) mass is 494 g/mol. The molecule has 9 atom stereocenters. The fourth-order valence-corrected chi connectivity index (χ4v) is 7.89. The summed E-state index contributed by atoms with van der Waals surface area (Å²) in [6, 6.07) is 0. The van der Waals surface area contributed by atoms with E-state index in [2.05, 4.69) is 0 Å². The fraction of sp³-hybridized carbons (Fsp3) is 0.692. The molecule has 192 valence electrons. The first kappa shape index (κ1) is 25.7. The van der Waals surface area contributed by atoms with Crippen molar-refractivity contribution in [3.63, 3.8) is 0 Å². The van der Waals surface area contributed by atoms with Gasteiger partial charge in [0.05, 0.1) is 6.10 Å². The minimum Gasteiger partial charge on any atom is -0.458 e. The number of Topliss-reactive ketones (excluding diaryl/α,β-unsaturated/α-hetero) is 1. The van der Waals surface area contributed by atoms with E-state index in [-0.39, 0.29) is 24.8 Å². The molecule has 7 nitrogen and oxygen atoms in total. The van der Waals surface area contributed by atoms with Gasteiger partial charge in [-0.25, -0.2) is 8.78 Å². The third-order valence-electron chi connectivity index (χ3n) is 9.29. The van der Waals surface area contributed by atoms with Gasteiger partial charge in [0.25, 0.3) is 0 Å². The van der Waals surface area contributed by atoms with Crippen molar-refractivity contribution in [1.29, 1.82) is 0 Å². The van der Waals surface area contributed by atoms with Gasteiger partial charge in [0.15, 0.2) is 23.7 Å². The zero-order valence-corrected chi connectivity index (χ0v) is 20.6. The number of fused-ring (bicyclic) bond motifs is 5. The lowest BCUT2D eigenvalue weighted by molar-refractivity contribution is -0.231. The quantitative estimate of drug-likeness (QED) is 0.599. The van der Waals surface area contributed by atoms with Crippen molar-refractivity contribution in [3.8, 4) is 0 Å². The maximum Gasteiger partial charge on any atom is 0.303 e. The van der Waals surface area contributed by atoms with E-state index in [0.717, 1.165) is 19.9 Å². The van der Waals surface area contributed by atoms with Crippen LogP contribution in [-0.2, 0) is 28.7 Å². The van der Waals surface area contributed by atoms with Crippen LogP contribution in [0.5, 0.6) is 0 Å². The number of rotatable bonds is 4. The summed E-state index contributed by atoms with van der Waals surface area (Å²) in [4.78, 5) is 49.1. The van der Waals surface area contributed by atoms with Crippen LogP contribution in [0.3, 0.4) is 0 Å². The summed E-state index contributed by atoms with van der Waals surface area (Å²) in [5.74, 6) is -4.77. The van der Waals surface area contributed by atoms with E-state index in [1.165, 1.54) is 19.1 Å². The van der Waals surface area contributed by atoms with Crippen molar-refractivity contribution < 1.29 is 42.5 Å². The average Bonchev–Trinajstić information content (AvgIpc) is 2.97.